The number of hydrogen-bond acceptors (Lipinski definition) is 4. The van der Waals surface area contributed by atoms with Crippen LogP contribution in [0.1, 0.15) is 48.0 Å². The minimum Gasteiger partial charge on any atom is -0.373 e. The summed E-state index contributed by atoms with van der Waals surface area (Å²) in [5.74, 6) is 2.32. The maximum absolute atomic E-state index is 4.41. The van der Waals surface area contributed by atoms with Gasteiger partial charge in [-0.3, -0.25) is 9.98 Å². The van der Waals surface area contributed by atoms with Crippen LogP contribution in [0.3, 0.4) is 0 Å². The van der Waals surface area contributed by atoms with E-state index in [-0.39, 0.29) is 10.8 Å². The molecule has 2 aliphatic rings. The largest absolute Gasteiger partial charge is 0.373 e. The van der Waals surface area contributed by atoms with Crippen LogP contribution < -0.4 is 10.6 Å². The van der Waals surface area contributed by atoms with Gasteiger partial charge >= 0.3 is 0 Å². The lowest BCUT2D eigenvalue weighted by molar-refractivity contribution is 0.543. The summed E-state index contributed by atoms with van der Waals surface area (Å²) in [5, 5.41) is 6.56. The van der Waals surface area contributed by atoms with Gasteiger partial charge in [-0.25, -0.2) is 0 Å². The van der Waals surface area contributed by atoms with Crippen LogP contribution in [0.15, 0.2) is 9.98 Å². The Hall–Kier alpha value is -1.06. The van der Waals surface area contributed by atoms with Gasteiger partial charge in [0.15, 0.2) is 0 Å². The van der Waals surface area contributed by atoms with Crippen LogP contribution in [-0.2, 0) is 0 Å². The molecule has 0 aromatic heterocycles. The van der Waals surface area contributed by atoms with Gasteiger partial charge in [-0.05, 0) is 6.42 Å². The van der Waals surface area contributed by atoms with E-state index in [4.69, 9.17) is 0 Å². The lowest BCUT2D eigenvalue weighted by atomic mass is 9.94. The van der Waals surface area contributed by atoms with Crippen molar-refractivity contribution in [2.24, 2.45) is 20.8 Å². The maximum atomic E-state index is 4.41. The molecule has 0 bridgehead atoms. The fraction of sp³-hybridized carbons (Fsp3) is 0.867. The van der Waals surface area contributed by atoms with Gasteiger partial charge in [-0.1, -0.05) is 41.5 Å². The van der Waals surface area contributed by atoms with E-state index in [1.54, 1.807) is 0 Å². The molecule has 2 heterocycles. The second kappa shape index (κ2) is 6.40. The highest BCUT2D eigenvalue weighted by Gasteiger charge is 2.20. The van der Waals surface area contributed by atoms with Crippen LogP contribution in [0, 0.1) is 10.8 Å². The molecule has 2 N–H and O–H groups in total. The van der Waals surface area contributed by atoms with Crippen molar-refractivity contribution < 1.29 is 0 Å². The van der Waals surface area contributed by atoms with Gasteiger partial charge in [-0.2, -0.15) is 0 Å². The number of amidine groups is 2. The zero-order chi connectivity index (χ0) is 14.5. The summed E-state index contributed by atoms with van der Waals surface area (Å²) in [4.78, 5) is 8.72. The topological polar surface area (TPSA) is 48.8 Å². The van der Waals surface area contributed by atoms with Crippen molar-refractivity contribution in [3.63, 3.8) is 0 Å². The van der Waals surface area contributed by atoms with E-state index in [1.165, 1.54) is 12.3 Å². The van der Waals surface area contributed by atoms with E-state index in [2.05, 4.69) is 62.2 Å². The Kier molecular flexibility index (Phi) is 5.39. The number of hydrogen-bond donors (Lipinski definition) is 2. The number of nitrogens with zero attached hydrogens (tertiary/aromatic N) is 2. The summed E-state index contributed by atoms with van der Waals surface area (Å²) in [6, 6.07) is 0. The first kappa shape index (κ1) is 16.0. The molecule has 4 heteroatoms. The Morgan fingerprint density at radius 1 is 0.737 bits per heavy atom. The van der Waals surface area contributed by atoms with E-state index >= 15 is 0 Å². The molecule has 19 heavy (non-hydrogen) atoms. The first-order valence-electron chi connectivity index (χ1n) is 7.29. The van der Waals surface area contributed by atoms with E-state index in [0.717, 1.165) is 32.0 Å². The van der Waals surface area contributed by atoms with Gasteiger partial charge in [0.25, 0.3) is 0 Å². The molecule has 0 aromatic carbocycles. The van der Waals surface area contributed by atoms with Gasteiger partial charge in [-0.15, -0.1) is 0 Å². The Bertz CT molecular complexity index is 342. The minimum atomic E-state index is 0.209. The molecule has 0 radical (unpaired) electrons. The van der Waals surface area contributed by atoms with Gasteiger partial charge < -0.3 is 10.6 Å². The molecule has 0 spiro atoms. The van der Waals surface area contributed by atoms with E-state index in [1.807, 2.05) is 0 Å². The predicted molar refractivity (Wildman–Crippen MR) is 84.1 cm³/mol. The molecule has 0 unspecified atom stereocenters. The average Bonchev–Trinajstić information content (AvgIpc) is 2.83. The number of nitrogens with one attached hydrogen (secondary N) is 2. The molecule has 4 nitrogen and oxygen atoms in total. The summed E-state index contributed by atoms with van der Waals surface area (Å²) < 4.78 is 0. The Morgan fingerprint density at radius 2 is 1.21 bits per heavy atom. The summed E-state index contributed by atoms with van der Waals surface area (Å²) in [6.07, 6.45) is 1.18. The average molecular weight is 266 g/mol. The van der Waals surface area contributed by atoms with Crippen molar-refractivity contribution in [1.29, 1.82) is 0 Å². The quantitative estimate of drug-likeness (QED) is 0.707. The highest BCUT2D eigenvalue weighted by Crippen LogP contribution is 2.16. The lowest BCUT2D eigenvalue weighted by Gasteiger charge is -2.25. The normalized spacial score (nSPS) is 19.5. The summed E-state index contributed by atoms with van der Waals surface area (Å²) in [5.41, 5.74) is 0.428. The van der Waals surface area contributed by atoms with Gasteiger partial charge in [0.1, 0.15) is 11.7 Å². The highest BCUT2D eigenvalue weighted by atomic mass is 15.1. The fourth-order valence-corrected chi connectivity index (χ4v) is 1.94. The fourth-order valence-electron chi connectivity index (χ4n) is 1.94. The Morgan fingerprint density at radius 3 is 1.47 bits per heavy atom. The highest BCUT2D eigenvalue weighted by molar-refractivity contribution is 5.88. The van der Waals surface area contributed by atoms with Crippen molar-refractivity contribution in [3.8, 4) is 0 Å². The SMILES string of the molecule is CC(C)(C)C1=NCCCN1.CC(C)(C)C1=NCCN1. The third-order valence-electron chi connectivity index (χ3n) is 2.99. The molecule has 0 amide bonds. The third kappa shape index (κ3) is 5.62. The lowest BCUT2D eigenvalue weighted by Crippen LogP contribution is -2.38. The molecule has 2 rings (SSSR count). The predicted octanol–water partition coefficient (Wildman–Crippen LogP) is 2.46. The molecule has 110 valence electrons. The van der Waals surface area contributed by atoms with Crippen LogP contribution in [-0.4, -0.2) is 37.9 Å². The second-order valence-corrected chi connectivity index (χ2v) is 7.17. The Labute approximate surface area is 118 Å². The summed E-state index contributed by atoms with van der Waals surface area (Å²) in [6.45, 7) is 17.1. The molecular formula is C15H30N4. The zero-order valence-corrected chi connectivity index (χ0v) is 13.4. The first-order chi connectivity index (χ1) is 8.71. The van der Waals surface area contributed by atoms with Gasteiger partial charge in [0.05, 0.1) is 6.54 Å². The molecule has 0 aromatic rings. The summed E-state index contributed by atoms with van der Waals surface area (Å²) in [7, 11) is 0. The Balaban J connectivity index is 0.000000191. The zero-order valence-electron chi connectivity index (χ0n) is 13.4. The molecule has 0 aliphatic carbocycles. The molecule has 0 saturated carbocycles. The van der Waals surface area contributed by atoms with Gasteiger partial charge in [0.2, 0.25) is 0 Å². The van der Waals surface area contributed by atoms with Crippen LogP contribution in [0.2, 0.25) is 0 Å². The monoisotopic (exact) mass is 266 g/mol. The van der Waals surface area contributed by atoms with Crippen molar-refractivity contribution in [1.82, 2.24) is 10.6 Å². The second-order valence-electron chi connectivity index (χ2n) is 7.17. The van der Waals surface area contributed by atoms with Crippen molar-refractivity contribution in [2.45, 2.75) is 48.0 Å². The van der Waals surface area contributed by atoms with Crippen molar-refractivity contribution in [2.75, 3.05) is 26.2 Å². The van der Waals surface area contributed by atoms with Crippen LogP contribution in [0.4, 0.5) is 0 Å². The van der Waals surface area contributed by atoms with Crippen LogP contribution in [0.5, 0.6) is 0 Å². The molecular weight excluding hydrogens is 236 g/mol. The van der Waals surface area contributed by atoms with E-state index < -0.39 is 0 Å². The third-order valence-corrected chi connectivity index (χ3v) is 2.99. The van der Waals surface area contributed by atoms with E-state index in [9.17, 15) is 0 Å². The number of aliphatic imine (C=N–C) groups is 2. The van der Waals surface area contributed by atoms with Crippen LogP contribution >= 0.6 is 0 Å². The molecule has 2 aliphatic heterocycles. The molecule has 0 saturated heterocycles. The standard InChI is InChI=1S/C8H16N2.C7H14N2/c1-8(2,3)7-9-5-4-6-10-7;1-7(2,3)6-8-4-5-9-6/h4-6H2,1-3H3,(H,9,10);4-5H2,1-3H3,(H,8,9). The van der Waals surface area contributed by atoms with Crippen molar-refractivity contribution >= 4 is 11.7 Å². The van der Waals surface area contributed by atoms with Crippen molar-refractivity contribution in [3.05, 3.63) is 0 Å². The maximum Gasteiger partial charge on any atom is 0.102 e. The number of rotatable bonds is 0. The first-order valence-corrected chi connectivity index (χ1v) is 7.29. The molecule has 0 fully saturated rings. The smallest absolute Gasteiger partial charge is 0.102 e. The molecule has 0 atom stereocenters. The van der Waals surface area contributed by atoms with Crippen LogP contribution in [0.25, 0.3) is 0 Å². The van der Waals surface area contributed by atoms with E-state index in [0.29, 0.717) is 0 Å². The van der Waals surface area contributed by atoms with Gasteiger partial charge in [0, 0.05) is 30.5 Å². The summed E-state index contributed by atoms with van der Waals surface area (Å²) >= 11 is 0. The minimum absolute atomic E-state index is 0.209.